The van der Waals surface area contributed by atoms with E-state index in [1.54, 1.807) is 0 Å². The predicted octanol–water partition coefficient (Wildman–Crippen LogP) is 0.482. The lowest BCUT2D eigenvalue weighted by atomic mass is 10.2. The topological polar surface area (TPSA) is 133 Å². The molecule has 0 saturated carbocycles. The molecule has 0 saturated heterocycles. The van der Waals surface area contributed by atoms with Crippen molar-refractivity contribution in [1.82, 2.24) is 0 Å². The summed E-state index contributed by atoms with van der Waals surface area (Å²) < 4.78 is 4.63. The molecular formula is C11H7N3O6. The minimum absolute atomic E-state index is 0.224. The number of nitro benzene ring substituents is 1. The number of carbonyl (C=O) groups excluding carboxylic acids is 3. The summed E-state index contributed by atoms with van der Waals surface area (Å²) in [4.78, 5) is 44.6. The van der Waals surface area contributed by atoms with E-state index < -0.39 is 22.8 Å². The van der Waals surface area contributed by atoms with Crippen LogP contribution in [0.15, 0.2) is 30.4 Å². The van der Waals surface area contributed by atoms with Crippen molar-refractivity contribution in [1.29, 1.82) is 0 Å². The predicted molar refractivity (Wildman–Crippen MR) is 64.9 cm³/mol. The molecule has 9 nitrogen and oxygen atoms in total. The van der Waals surface area contributed by atoms with Crippen LogP contribution in [0.4, 0.5) is 16.2 Å². The Labute approximate surface area is 111 Å². The molecule has 0 aromatic heterocycles. The molecule has 0 bridgehead atoms. The molecule has 0 atom stereocenters. The van der Waals surface area contributed by atoms with Crippen LogP contribution in [0.1, 0.15) is 0 Å². The van der Waals surface area contributed by atoms with Gasteiger partial charge in [0, 0.05) is 24.3 Å². The van der Waals surface area contributed by atoms with Crippen LogP contribution < -0.4 is 15.4 Å². The fraction of sp³-hybridized carbons (Fsp3) is 0. The number of anilines is 1. The van der Waals surface area contributed by atoms with Crippen LogP contribution in [0.3, 0.4) is 0 Å². The molecule has 1 heterocycles. The van der Waals surface area contributed by atoms with Gasteiger partial charge in [0.1, 0.15) is 5.69 Å². The summed E-state index contributed by atoms with van der Waals surface area (Å²) in [7, 11) is 0. The number of ether oxygens (including phenoxy) is 1. The van der Waals surface area contributed by atoms with Crippen molar-refractivity contribution in [3.63, 3.8) is 0 Å². The molecule has 0 fully saturated rings. The van der Waals surface area contributed by atoms with Gasteiger partial charge in [-0.15, -0.1) is 0 Å². The summed E-state index contributed by atoms with van der Waals surface area (Å²) in [5.41, 5.74) is 4.27. The van der Waals surface area contributed by atoms with Crippen LogP contribution in [0, 0.1) is 10.1 Å². The maximum atomic E-state index is 11.6. The van der Waals surface area contributed by atoms with Gasteiger partial charge >= 0.3 is 6.09 Å². The van der Waals surface area contributed by atoms with Crippen molar-refractivity contribution in [2.45, 2.75) is 0 Å². The minimum Gasteiger partial charge on any atom is -0.408 e. The molecule has 20 heavy (non-hydrogen) atoms. The van der Waals surface area contributed by atoms with E-state index in [1.807, 2.05) is 0 Å². The molecule has 2 N–H and O–H groups in total. The highest BCUT2D eigenvalue weighted by atomic mass is 16.6. The summed E-state index contributed by atoms with van der Waals surface area (Å²) in [5, 5.41) is 10.7. The number of nitro groups is 1. The molecule has 1 aliphatic heterocycles. The molecular weight excluding hydrogens is 270 g/mol. The highest BCUT2D eigenvalue weighted by Crippen LogP contribution is 2.34. The van der Waals surface area contributed by atoms with E-state index in [2.05, 4.69) is 4.74 Å². The molecule has 1 aromatic rings. The lowest BCUT2D eigenvalue weighted by molar-refractivity contribution is -0.384. The third-order valence-electron chi connectivity index (χ3n) is 2.41. The smallest absolute Gasteiger partial charge is 0.408 e. The van der Waals surface area contributed by atoms with Crippen molar-refractivity contribution in [3.8, 4) is 5.75 Å². The average Bonchev–Trinajstić information content (AvgIpc) is 2.69. The van der Waals surface area contributed by atoms with Gasteiger partial charge in [0.15, 0.2) is 5.75 Å². The lowest BCUT2D eigenvalue weighted by Crippen LogP contribution is -2.30. The van der Waals surface area contributed by atoms with Crippen molar-refractivity contribution >= 4 is 29.3 Å². The second-order valence-electron chi connectivity index (χ2n) is 3.68. The Morgan fingerprint density at radius 3 is 2.35 bits per heavy atom. The molecule has 0 unspecified atom stereocenters. The van der Waals surface area contributed by atoms with Crippen LogP contribution in [-0.4, -0.2) is 22.8 Å². The van der Waals surface area contributed by atoms with Crippen molar-refractivity contribution in [2.75, 3.05) is 4.90 Å². The highest BCUT2D eigenvalue weighted by Gasteiger charge is 2.30. The summed E-state index contributed by atoms with van der Waals surface area (Å²) in [6, 6.07) is 3.08. The molecule has 0 radical (unpaired) electrons. The molecule has 1 aliphatic rings. The normalized spacial score (nSPS) is 13.7. The quantitative estimate of drug-likeness (QED) is 0.485. The lowest BCUT2D eigenvalue weighted by Gasteiger charge is -2.16. The van der Waals surface area contributed by atoms with Gasteiger partial charge in [-0.3, -0.25) is 19.7 Å². The molecule has 2 rings (SSSR count). The third kappa shape index (κ3) is 2.32. The van der Waals surface area contributed by atoms with Crippen molar-refractivity contribution in [2.24, 2.45) is 5.73 Å². The van der Waals surface area contributed by atoms with Gasteiger partial charge in [0.2, 0.25) is 0 Å². The van der Waals surface area contributed by atoms with Crippen LogP contribution >= 0.6 is 0 Å². The van der Waals surface area contributed by atoms with E-state index in [-0.39, 0.29) is 17.1 Å². The van der Waals surface area contributed by atoms with Crippen LogP contribution in [-0.2, 0) is 9.59 Å². The van der Waals surface area contributed by atoms with E-state index in [4.69, 9.17) is 5.73 Å². The van der Waals surface area contributed by atoms with E-state index in [0.717, 1.165) is 30.4 Å². The zero-order chi connectivity index (χ0) is 14.9. The summed E-state index contributed by atoms with van der Waals surface area (Å²) in [5.74, 6) is -1.64. The largest absolute Gasteiger partial charge is 0.410 e. The van der Waals surface area contributed by atoms with Crippen molar-refractivity contribution < 1.29 is 24.0 Å². The van der Waals surface area contributed by atoms with Crippen molar-refractivity contribution in [3.05, 3.63) is 40.5 Å². The Balaban J connectivity index is 2.54. The van der Waals surface area contributed by atoms with Gasteiger partial charge in [-0.05, 0) is 6.07 Å². The minimum atomic E-state index is -1.17. The number of amides is 3. The number of primary amides is 1. The molecule has 0 aliphatic carbocycles. The first-order valence-electron chi connectivity index (χ1n) is 5.22. The van der Waals surface area contributed by atoms with Gasteiger partial charge in [0.25, 0.3) is 17.5 Å². The number of nitrogens with zero attached hydrogens (tertiary/aromatic N) is 2. The third-order valence-corrected chi connectivity index (χ3v) is 2.41. The number of hydrogen-bond donors (Lipinski definition) is 1. The maximum Gasteiger partial charge on any atom is 0.410 e. The molecule has 102 valence electrons. The average molecular weight is 277 g/mol. The molecule has 9 heteroatoms. The Hall–Kier alpha value is -3.23. The number of carbonyl (C=O) groups is 3. The Morgan fingerprint density at radius 2 is 1.85 bits per heavy atom. The number of nitrogens with two attached hydrogens (primary N) is 1. The Morgan fingerprint density at radius 1 is 1.25 bits per heavy atom. The monoisotopic (exact) mass is 277 g/mol. The molecule has 1 aromatic carbocycles. The number of non-ortho nitro benzene ring substituents is 1. The van der Waals surface area contributed by atoms with Gasteiger partial charge in [-0.25, -0.2) is 9.69 Å². The summed E-state index contributed by atoms with van der Waals surface area (Å²) in [6.45, 7) is 0. The first-order valence-corrected chi connectivity index (χ1v) is 5.22. The summed E-state index contributed by atoms with van der Waals surface area (Å²) in [6.07, 6.45) is 0.817. The standard InChI is InChI=1S/C11H7N3O6/c12-11(17)20-8-2-1-6(14(18)19)5-7(8)13-9(15)3-4-10(13)16/h1-5H,(H2,12,17). The Kier molecular flexibility index (Phi) is 3.17. The van der Waals surface area contributed by atoms with Gasteiger partial charge < -0.3 is 10.5 Å². The van der Waals surface area contributed by atoms with E-state index in [0.29, 0.717) is 4.90 Å². The molecule has 0 spiro atoms. The summed E-state index contributed by atoms with van der Waals surface area (Å²) >= 11 is 0. The number of hydrogen-bond acceptors (Lipinski definition) is 6. The van der Waals surface area contributed by atoms with Gasteiger partial charge in [0.05, 0.1) is 4.92 Å². The second-order valence-corrected chi connectivity index (χ2v) is 3.68. The first kappa shape index (κ1) is 13.2. The number of imide groups is 1. The van der Waals surface area contributed by atoms with Gasteiger partial charge in [-0.2, -0.15) is 0 Å². The van der Waals surface area contributed by atoms with E-state index in [1.165, 1.54) is 0 Å². The number of benzene rings is 1. The van der Waals surface area contributed by atoms with Crippen LogP contribution in [0.2, 0.25) is 0 Å². The zero-order valence-corrected chi connectivity index (χ0v) is 9.81. The number of rotatable bonds is 3. The highest BCUT2D eigenvalue weighted by molar-refractivity contribution is 6.28. The fourth-order valence-corrected chi connectivity index (χ4v) is 1.63. The SMILES string of the molecule is NC(=O)Oc1ccc([N+](=O)[O-])cc1N1C(=O)C=CC1=O. The van der Waals surface area contributed by atoms with E-state index >= 15 is 0 Å². The second kappa shape index (κ2) is 4.80. The van der Waals surface area contributed by atoms with Gasteiger partial charge in [-0.1, -0.05) is 0 Å². The zero-order valence-electron chi connectivity index (χ0n) is 9.81. The first-order chi connectivity index (χ1) is 9.40. The van der Waals surface area contributed by atoms with Crippen LogP contribution in [0.5, 0.6) is 5.75 Å². The molecule has 3 amide bonds. The maximum absolute atomic E-state index is 11.6. The van der Waals surface area contributed by atoms with Crippen LogP contribution in [0.25, 0.3) is 0 Å². The Bertz CT molecular complexity index is 648. The van der Waals surface area contributed by atoms with E-state index in [9.17, 15) is 24.5 Å². The fourth-order valence-electron chi connectivity index (χ4n) is 1.63.